The number of benzene rings is 1. The highest BCUT2D eigenvalue weighted by Gasteiger charge is 2.27. The van der Waals surface area contributed by atoms with Gasteiger partial charge in [0.1, 0.15) is 6.54 Å². The van der Waals surface area contributed by atoms with E-state index in [4.69, 9.17) is 16.1 Å². The molecule has 0 radical (unpaired) electrons. The molecule has 10 heteroatoms. The first kappa shape index (κ1) is 21.3. The minimum Gasteiger partial charge on any atom is -0.477 e. The molecule has 0 aliphatic heterocycles. The summed E-state index contributed by atoms with van der Waals surface area (Å²) in [6.07, 6.45) is 3.99. The van der Waals surface area contributed by atoms with Crippen LogP contribution in [0.4, 0.5) is 0 Å². The standard InChI is InChI=1S/C23H18ClN5O3S/c1-3-17-26-19(27-32-17)15-8-4-7-14(10-15)18-21(30)28-9-5-6-13(2)20(28)29(22(18)31)12-16-11-25-23(24)33-16/h4-11H,3,12H2,1-2H3/p+1. The molecule has 33 heavy (non-hydrogen) atoms. The predicted octanol–water partition coefficient (Wildman–Crippen LogP) is 4.04. The van der Waals surface area contributed by atoms with Gasteiger partial charge in [-0.05, 0) is 30.7 Å². The fourth-order valence-electron chi connectivity index (χ4n) is 3.81. The topological polar surface area (TPSA) is 97.4 Å². The Hall–Kier alpha value is -3.56. The first-order chi connectivity index (χ1) is 16.0. The molecule has 0 amide bonds. The Labute approximate surface area is 197 Å². The van der Waals surface area contributed by atoms with E-state index in [0.717, 1.165) is 10.4 Å². The molecule has 0 aliphatic rings. The molecule has 0 atom stereocenters. The van der Waals surface area contributed by atoms with E-state index in [-0.39, 0.29) is 17.0 Å². The lowest BCUT2D eigenvalue weighted by atomic mass is 10.0. The second-order valence-electron chi connectivity index (χ2n) is 7.50. The molecule has 0 unspecified atom stereocenters. The monoisotopic (exact) mass is 480 g/mol. The Morgan fingerprint density at radius 2 is 2.06 bits per heavy atom. The van der Waals surface area contributed by atoms with E-state index in [9.17, 15) is 9.90 Å². The zero-order valence-corrected chi connectivity index (χ0v) is 19.4. The average Bonchev–Trinajstić information content (AvgIpc) is 3.46. The van der Waals surface area contributed by atoms with Gasteiger partial charge in [0.25, 0.3) is 11.5 Å². The molecule has 5 aromatic rings. The highest BCUT2D eigenvalue weighted by Crippen LogP contribution is 2.28. The number of halogens is 1. The molecule has 0 saturated carbocycles. The van der Waals surface area contributed by atoms with Crippen LogP contribution in [0.1, 0.15) is 23.3 Å². The zero-order chi connectivity index (χ0) is 23.1. The number of fused-ring (bicyclic) bond motifs is 1. The van der Waals surface area contributed by atoms with Gasteiger partial charge >= 0.3 is 5.56 Å². The third-order valence-corrected chi connectivity index (χ3v) is 6.45. The van der Waals surface area contributed by atoms with E-state index in [1.54, 1.807) is 45.6 Å². The van der Waals surface area contributed by atoms with Crippen molar-refractivity contribution in [1.29, 1.82) is 0 Å². The molecule has 4 aromatic heterocycles. The van der Waals surface area contributed by atoms with E-state index < -0.39 is 0 Å². The molecule has 0 saturated heterocycles. The quantitative estimate of drug-likeness (QED) is 0.381. The van der Waals surface area contributed by atoms with Gasteiger partial charge in [-0.25, -0.2) is 9.78 Å². The van der Waals surface area contributed by atoms with Crippen molar-refractivity contribution in [2.75, 3.05) is 0 Å². The van der Waals surface area contributed by atoms with Crippen molar-refractivity contribution >= 4 is 28.6 Å². The molecule has 1 aromatic carbocycles. The Bertz CT molecular complexity index is 1560. The van der Waals surface area contributed by atoms with Gasteiger partial charge in [0, 0.05) is 23.7 Å². The van der Waals surface area contributed by atoms with E-state index in [0.29, 0.717) is 45.9 Å². The van der Waals surface area contributed by atoms with Gasteiger partial charge in [0.15, 0.2) is 10.0 Å². The van der Waals surface area contributed by atoms with Crippen LogP contribution in [0, 0.1) is 6.92 Å². The summed E-state index contributed by atoms with van der Waals surface area (Å²) < 4.78 is 8.88. The van der Waals surface area contributed by atoms with Gasteiger partial charge in [-0.3, -0.25) is 0 Å². The second-order valence-corrected chi connectivity index (χ2v) is 9.20. The molecular formula is C23H19ClN5O3S+. The summed E-state index contributed by atoms with van der Waals surface area (Å²) in [5.41, 5.74) is 2.52. The van der Waals surface area contributed by atoms with Gasteiger partial charge < -0.3 is 9.63 Å². The Balaban J connectivity index is 1.74. The first-order valence-corrected chi connectivity index (χ1v) is 11.5. The Kier molecular flexibility index (Phi) is 5.43. The number of aromatic nitrogens is 5. The van der Waals surface area contributed by atoms with Crippen molar-refractivity contribution in [3.63, 3.8) is 0 Å². The van der Waals surface area contributed by atoms with Crippen molar-refractivity contribution in [2.24, 2.45) is 0 Å². The van der Waals surface area contributed by atoms with Crippen LogP contribution in [0.3, 0.4) is 0 Å². The highest BCUT2D eigenvalue weighted by molar-refractivity contribution is 7.15. The van der Waals surface area contributed by atoms with E-state index in [2.05, 4.69) is 15.1 Å². The minimum absolute atomic E-state index is 0.140. The van der Waals surface area contributed by atoms with Crippen molar-refractivity contribution in [3.8, 4) is 28.4 Å². The first-order valence-electron chi connectivity index (χ1n) is 10.3. The maximum Gasteiger partial charge on any atom is 0.354 e. The van der Waals surface area contributed by atoms with Crippen molar-refractivity contribution in [1.82, 2.24) is 19.5 Å². The number of aryl methyl sites for hydroxylation is 2. The molecule has 1 N–H and O–H groups in total. The predicted molar refractivity (Wildman–Crippen MR) is 125 cm³/mol. The van der Waals surface area contributed by atoms with Gasteiger partial charge in [-0.2, -0.15) is 14.0 Å². The minimum atomic E-state index is -0.329. The highest BCUT2D eigenvalue weighted by atomic mass is 35.5. The van der Waals surface area contributed by atoms with Crippen molar-refractivity contribution in [3.05, 3.63) is 79.9 Å². The Morgan fingerprint density at radius 1 is 1.24 bits per heavy atom. The summed E-state index contributed by atoms with van der Waals surface area (Å²) in [5.74, 6) is 0.816. The lowest BCUT2D eigenvalue weighted by Crippen LogP contribution is -2.41. The smallest absolute Gasteiger partial charge is 0.354 e. The second kappa shape index (κ2) is 8.42. The van der Waals surface area contributed by atoms with Crippen LogP contribution < -0.4 is 10.1 Å². The van der Waals surface area contributed by atoms with Crippen LogP contribution in [0.5, 0.6) is 5.88 Å². The summed E-state index contributed by atoms with van der Waals surface area (Å²) in [6, 6.07) is 10.9. The van der Waals surface area contributed by atoms with Crippen LogP contribution >= 0.6 is 22.9 Å². The number of rotatable bonds is 5. The number of aromatic hydroxyl groups is 1. The maximum absolute atomic E-state index is 13.5. The van der Waals surface area contributed by atoms with E-state index in [1.807, 2.05) is 26.0 Å². The van der Waals surface area contributed by atoms with E-state index in [1.165, 1.54) is 11.3 Å². The summed E-state index contributed by atoms with van der Waals surface area (Å²) in [6.45, 7) is 4.13. The average molecular weight is 481 g/mol. The van der Waals surface area contributed by atoms with Gasteiger partial charge in [0.05, 0.1) is 11.1 Å². The third kappa shape index (κ3) is 3.79. The van der Waals surface area contributed by atoms with Gasteiger partial charge in [-0.1, -0.05) is 41.9 Å². The van der Waals surface area contributed by atoms with E-state index >= 15 is 0 Å². The maximum atomic E-state index is 13.5. The Morgan fingerprint density at radius 3 is 2.79 bits per heavy atom. The number of hydrogen-bond donors (Lipinski definition) is 1. The number of hydrogen-bond acceptors (Lipinski definition) is 7. The summed E-state index contributed by atoms with van der Waals surface area (Å²) in [4.78, 5) is 22.8. The molecule has 4 heterocycles. The van der Waals surface area contributed by atoms with Gasteiger partial charge in [0.2, 0.25) is 11.7 Å². The molecule has 5 rings (SSSR count). The number of nitrogens with zero attached hydrogens (tertiary/aromatic N) is 5. The number of thiazole rings is 1. The largest absolute Gasteiger partial charge is 0.477 e. The summed E-state index contributed by atoms with van der Waals surface area (Å²) in [7, 11) is 0. The molecule has 0 spiro atoms. The van der Waals surface area contributed by atoms with Crippen LogP contribution in [0.2, 0.25) is 4.47 Å². The summed E-state index contributed by atoms with van der Waals surface area (Å²) in [5, 5.41) is 15.4. The third-order valence-electron chi connectivity index (χ3n) is 5.35. The molecule has 0 fully saturated rings. The lowest BCUT2D eigenvalue weighted by Gasteiger charge is -2.11. The molecular weight excluding hydrogens is 462 g/mol. The normalized spacial score (nSPS) is 11.4. The lowest BCUT2D eigenvalue weighted by molar-refractivity contribution is -0.671. The molecule has 8 nitrogen and oxygen atoms in total. The molecule has 0 bridgehead atoms. The van der Waals surface area contributed by atoms with Crippen LogP contribution in [0.25, 0.3) is 28.2 Å². The number of pyridine rings is 1. The van der Waals surface area contributed by atoms with Crippen molar-refractivity contribution < 1.29 is 14.2 Å². The SMILES string of the molecule is CCc1nc(-c2cccc(-c3c(O)[n+](Cc4cnc(Cl)s4)c4c(C)cccn4c3=O)c2)no1. The summed E-state index contributed by atoms with van der Waals surface area (Å²) >= 11 is 7.34. The van der Waals surface area contributed by atoms with Crippen LogP contribution in [-0.2, 0) is 13.0 Å². The van der Waals surface area contributed by atoms with Gasteiger partial charge in [-0.15, -0.1) is 11.3 Å². The van der Waals surface area contributed by atoms with Crippen LogP contribution in [0.15, 0.2) is 58.1 Å². The molecule has 0 aliphatic carbocycles. The molecule has 166 valence electrons. The van der Waals surface area contributed by atoms with Crippen LogP contribution in [-0.4, -0.2) is 24.6 Å². The zero-order valence-electron chi connectivity index (χ0n) is 17.8. The fourth-order valence-corrected chi connectivity index (χ4v) is 4.78. The van der Waals surface area contributed by atoms with Crippen molar-refractivity contribution in [2.45, 2.75) is 26.8 Å². The fraction of sp³-hybridized carbons (Fsp3) is 0.174.